The third-order valence-electron chi connectivity index (χ3n) is 3.07. The van der Waals surface area contributed by atoms with E-state index in [0.29, 0.717) is 17.6 Å². The Labute approximate surface area is 138 Å². The van der Waals surface area contributed by atoms with Crippen LogP contribution in [0.15, 0.2) is 35.1 Å². The normalized spacial score (nSPS) is 10.6. The van der Waals surface area contributed by atoms with E-state index in [0.717, 1.165) is 6.07 Å². The van der Waals surface area contributed by atoms with E-state index in [1.54, 1.807) is 13.0 Å². The van der Waals surface area contributed by atoms with Gasteiger partial charge in [-0.2, -0.15) is 0 Å². The quantitative estimate of drug-likeness (QED) is 0.703. The molecule has 0 saturated carbocycles. The number of rotatable bonds is 4. The van der Waals surface area contributed by atoms with Crippen molar-refractivity contribution in [2.24, 2.45) is 0 Å². The second-order valence-electron chi connectivity index (χ2n) is 4.92. The Balaban J connectivity index is 1.71. The van der Waals surface area contributed by atoms with Crippen molar-refractivity contribution in [3.05, 3.63) is 59.4 Å². The maximum atomic E-state index is 13.6. The van der Waals surface area contributed by atoms with Crippen LogP contribution < -0.4 is 10.6 Å². The minimum atomic E-state index is -1.67. The number of halogens is 3. The molecule has 0 radical (unpaired) electrons. The number of hydrogen-bond acceptors (Lipinski definition) is 6. The van der Waals surface area contributed by atoms with Crippen molar-refractivity contribution >= 4 is 23.4 Å². The van der Waals surface area contributed by atoms with Crippen molar-refractivity contribution in [2.75, 3.05) is 10.6 Å². The first-order valence-electron chi connectivity index (χ1n) is 6.91. The summed E-state index contributed by atoms with van der Waals surface area (Å²) in [5, 5.41) is 8.57. The lowest BCUT2D eigenvalue weighted by Gasteiger charge is -2.07. The van der Waals surface area contributed by atoms with Gasteiger partial charge in [-0.3, -0.25) is 4.79 Å². The largest absolute Gasteiger partial charge is 0.360 e. The van der Waals surface area contributed by atoms with Crippen LogP contribution in [0.1, 0.15) is 16.1 Å². The van der Waals surface area contributed by atoms with Crippen molar-refractivity contribution < 1.29 is 22.5 Å². The predicted molar refractivity (Wildman–Crippen MR) is 80.8 cm³/mol. The van der Waals surface area contributed by atoms with Gasteiger partial charge < -0.3 is 15.2 Å². The minimum Gasteiger partial charge on any atom is -0.360 e. The van der Waals surface area contributed by atoms with E-state index < -0.39 is 29.0 Å². The fourth-order valence-corrected chi connectivity index (χ4v) is 1.87. The van der Waals surface area contributed by atoms with Crippen molar-refractivity contribution in [3.8, 4) is 0 Å². The number of carbonyl (C=O) groups excluding carboxylic acids is 1. The lowest BCUT2D eigenvalue weighted by Crippen LogP contribution is -2.15. The number of nitrogens with zero attached hydrogens (tertiary/aromatic N) is 3. The molecule has 0 fully saturated rings. The average molecular weight is 349 g/mol. The lowest BCUT2D eigenvalue weighted by atomic mass is 10.2. The first-order valence-corrected chi connectivity index (χ1v) is 6.91. The fraction of sp³-hybridized carbons (Fsp3) is 0.0667. The van der Waals surface area contributed by atoms with Crippen LogP contribution in [-0.2, 0) is 0 Å². The zero-order chi connectivity index (χ0) is 18.0. The Kier molecular flexibility index (Phi) is 4.33. The van der Waals surface area contributed by atoms with Crippen LogP contribution in [0.2, 0.25) is 0 Å². The Morgan fingerprint density at radius 3 is 2.48 bits per heavy atom. The van der Waals surface area contributed by atoms with Gasteiger partial charge in [0.1, 0.15) is 5.76 Å². The summed E-state index contributed by atoms with van der Waals surface area (Å²) in [5.74, 6) is -4.16. The van der Waals surface area contributed by atoms with Gasteiger partial charge in [0.25, 0.3) is 5.91 Å². The SMILES string of the molecule is Cc1cc(Nc2ncc(C(=O)Nc3ccc(F)c(F)c3F)cn2)no1. The molecule has 0 aliphatic carbocycles. The van der Waals surface area contributed by atoms with Gasteiger partial charge in [0, 0.05) is 18.5 Å². The summed E-state index contributed by atoms with van der Waals surface area (Å²) < 4.78 is 44.5. The minimum absolute atomic E-state index is 0.00832. The molecule has 0 bridgehead atoms. The second-order valence-corrected chi connectivity index (χ2v) is 4.92. The van der Waals surface area contributed by atoms with Gasteiger partial charge in [-0.15, -0.1) is 0 Å². The molecule has 7 nitrogen and oxygen atoms in total. The van der Waals surface area contributed by atoms with Crippen LogP contribution >= 0.6 is 0 Å². The van der Waals surface area contributed by atoms with Crippen LogP contribution in [0.4, 0.5) is 30.6 Å². The highest BCUT2D eigenvalue weighted by atomic mass is 19.2. The molecule has 3 aromatic rings. The van der Waals surface area contributed by atoms with E-state index in [4.69, 9.17) is 4.52 Å². The average Bonchev–Trinajstić information content (AvgIpc) is 3.01. The number of carbonyl (C=O) groups is 1. The monoisotopic (exact) mass is 349 g/mol. The maximum Gasteiger partial charge on any atom is 0.258 e. The van der Waals surface area contributed by atoms with E-state index in [1.165, 1.54) is 12.4 Å². The maximum absolute atomic E-state index is 13.6. The highest BCUT2D eigenvalue weighted by Crippen LogP contribution is 2.20. The van der Waals surface area contributed by atoms with Crippen LogP contribution in [0.5, 0.6) is 0 Å². The van der Waals surface area contributed by atoms with Crippen molar-refractivity contribution in [1.82, 2.24) is 15.1 Å². The van der Waals surface area contributed by atoms with Gasteiger partial charge in [0.2, 0.25) is 5.95 Å². The van der Waals surface area contributed by atoms with Crippen LogP contribution in [0.25, 0.3) is 0 Å². The molecule has 0 aliphatic heterocycles. The second kappa shape index (κ2) is 6.59. The van der Waals surface area contributed by atoms with Crippen LogP contribution in [0.3, 0.4) is 0 Å². The number of hydrogen-bond donors (Lipinski definition) is 2. The molecule has 0 spiro atoms. The molecule has 2 aromatic heterocycles. The standard InChI is InChI=1S/C15H10F3N5O2/c1-7-4-11(23-25-7)22-15-19-5-8(6-20-15)14(24)21-10-3-2-9(16)12(17)13(10)18/h2-6H,1H3,(H,21,24)(H,19,20,22,23). The molecule has 0 aliphatic rings. The molecule has 128 valence electrons. The van der Waals surface area contributed by atoms with E-state index in [9.17, 15) is 18.0 Å². The number of aromatic nitrogens is 3. The number of benzene rings is 1. The molecule has 25 heavy (non-hydrogen) atoms. The smallest absolute Gasteiger partial charge is 0.258 e. The molecule has 2 heterocycles. The number of amides is 1. The highest BCUT2D eigenvalue weighted by molar-refractivity contribution is 6.04. The molecule has 0 saturated heterocycles. The van der Waals surface area contributed by atoms with Crippen molar-refractivity contribution in [3.63, 3.8) is 0 Å². The van der Waals surface area contributed by atoms with Gasteiger partial charge in [-0.25, -0.2) is 23.1 Å². The summed E-state index contributed by atoms with van der Waals surface area (Å²) in [6.45, 7) is 1.71. The number of aryl methyl sites for hydroxylation is 1. The zero-order valence-electron chi connectivity index (χ0n) is 12.7. The summed E-state index contributed by atoms with van der Waals surface area (Å²) in [7, 11) is 0. The molecule has 1 amide bonds. The first-order chi connectivity index (χ1) is 11.9. The third-order valence-corrected chi connectivity index (χ3v) is 3.07. The van der Waals surface area contributed by atoms with Crippen molar-refractivity contribution in [2.45, 2.75) is 6.92 Å². The predicted octanol–water partition coefficient (Wildman–Crippen LogP) is 3.19. The number of anilines is 3. The molecule has 3 rings (SSSR count). The molecule has 2 N–H and O–H groups in total. The van der Waals surface area contributed by atoms with E-state index in [2.05, 4.69) is 25.8 Å². The Morgan fingerprint density at radius 1 is 1.12 bits per heavy atom. The highest BCUT2D eigenvalue weighted by Gasteiger charge is 2.16. The summed E-state index contributed by atoms with van der Waals surface area (Å²) in [5.41, 5.74) is -0.504. The zero-order valence-corrected chi connectivity index (χ0v) is 12.7. The molecule has 0 unspecified atom stereocenters. The lowest BCUT2D eigenvalue weighted by molar-refractivity contribution is 0.102. The Morgan fingerprint density at radius 2 is 1.84 bits per heavy atom. The van der Waals surface area contributed by atoms with Gasteiger partial charge >= 0.3 is 0 Å². The first kappa shape index (κ1) is 16.4. The molecule has 0 atom stereocenters. The van der Waals surface area contributed by atoms with Gasteiger partial charge in [-0.1, -0.05) is 5.16 Å². The fourth-order valence-electron chi connectivity index (χ4n) is 1.87. The summed E-state index contributed by atoms with van der Waals surface area (Å²) in [6.07, 6.45) is 2.35. The van der Waals surface area contributed by atoms with Gasteiger partial charge in [0.15, 0.2) is 23.3 Å². The van der Waals surface area contributed by atoms with Crippen LogP contribution in [0, 0.1) is 24.4 Å². The molecular formula is C15H10F3N5O2. The topological polar surface area (TPSA) is 92.9 Å². The summed E-state index contributed by atoms with van der Waals surface area (Å²) in [4.78, 5) is 19.8. The van der Waals surface area contributed by atoms with Gasteiger partial charge in [0.05, 0.1) is 11.3 Å². The Bertz CT molecular complexity index is 927. The van der Waals surface area contributed by atoms with Crippen molar-refractivity contribution in [1.29, 1.82) is 0 Å². The molecule has 1 aromatic carbocycles. The van der Waals surface area contributed by atoms with E-state index in [1.807, 2.05) is 0 Å². The van der Waals surface area contributed by atoms with Crippen LogP contribution in [-0.4, -0.2) is 21.0 Å². The third kappa shape index (κ3) is 3.57. The van der Waals surface area contributed by atoms with Gasteiger partial charge in [-0.05, 0) is 19.1 Å². The Hall–Kier alpha value is -3.43. The summed E-state index contributed by atoms with van der Waals surface area (Å²) in [6, 6.07) is 3.24. The number of nitrogens with one attached hydrogen (secondary N) is 2. The van der Waals surface area contributed by atoms with E-state index >= 15 is 0 Å². The molecular weight excluding hydrogens is 339 g/mol. The summed E-state index contributed by atoms with van der Waals surface area (Å²) >= 11 is 0. The molecule has 10 heteroatoms. The van der Waals surface area contributed by atoms with E-state index in [-0.39, 0.29) is 11.5 Å².